The second kappa shape index (κ2) is 9.09. The van der Waals surface area contributed by atoms with Crippen LogP contribution in [0.15, 0.2) is 54.6 Å². The number of nitrogens with zero attached hydrogens (tertiary/aromatic N) is 2. The van der Waals surface area contributed by atoms with Crippen molar-refractivity contribution >= 4 is 17.5 Å². The minimum atomic E-state index is -1.14. The Hall–Kier alpha value is -2.86. The second-order valence-corrected chi connectivity index (χ2v) is 7.86. The van der Waals surface area contributed by atoms with Crippen molar-refractivity contribution in [2.75, 3.05) is 38.6 Å². The van der Waals surface area contributed by atoms with Gasteiger partial charge >= 0.3 is 0 Å². The number of hydrogen-bond donors (Lipinski definition) is 1. The maximum absolute atomic E-state index is 13.0. The number of piperazine rings is 1. The number of carbonyl (C=O) groups is 2. The Morgan fingerprint density at radius 3 is 2.17 bits per heavy atom. The molecule has 1 aliphatic heterocycles. The van der Waals surface area contributed by atoms with Gasteiger partial charge in [0.15, 0.2) is 0 Å². The van der Waals surface area contributed by atoms with Crippen LogP contribution in [0.3, 0.4) is 0 Å². The predicted octanol–water partition coefficient (Wildman–Crippen LogP) is 3.00. The average Bonchev–Trinajstić information content (AvgIpc) is 2.75. The van der Waals surface area contributed by atoms with E-state index in [0.717, 1.165) is 19.6 Å². The number of ether oxygens (including phenoxy) is 1. The number of hydrogen-bond acceptors (Lipinski definition) is 4. The van der Waals surface area contributed by atoms with Crippen LogP contribution in [-0.4, -0.2) is 54.9 Å². The highest BCUT2D eigenvalue weighted by Gasteiger charge is 2.40. The zero-order valence-electron chi connectivity index (χ0n) is 17.4. The fourth-order valence-electron chi connectivity index (χ4n) is 3.40. The molecule has 154 valence electrons. The van der Waals surface area contributed by atoms with E-state index in [0.29, 0.717) is 24.5 Å². The Bertz CT molecular complexity index is 826. The van der Waals surface area contributed by atoms with Crippen molar-refractivity contribution in [1.82, 2.24) is 9.80 Å². The molecule has 29 heavy (non-hydrogen) atoms. The van der Waals surface area contributed by atoms with Crippen molar-refractivity contribution in [1.29, 1.82) is 0 Å². The molecular weight excluding hydrogens is 366 g/mol. The summed E-state index contributed by atoms with van der Waals surface area (Å²) in [5.41, 5.74) is 0.775. The summed E-state index contributed by atoms with van der Waals surface area (Å²) < 4.78 is 5.13. The van der Waals surface area contributed by atoms with Crippen LogP contribution in [0, 0.1) is 5.41 Å². The number of rotatable bonds is 6. The molecule has 0 aromatic heterocycles. The average molecular weight is 396 g/mol. The number of methoxy groups -OCH3 is 1. The van der Waals surface area contributed by atoms with Gasteiger partial charge < -0.3 is 15.0 Å². The van der Waals surface area contributed by atoms with Crippen LogP contribution in [-0.2, 0) is 16.1 Å². The summed E-state index contributed by atoms with van der Waals surface area (Å²) in [5.74, 6) is 0.272. The Morgan fingerprint density at radius 1 is 0.966 bits per heavy atom. The molecule has 1 fully saturated rings. The third-order valence-corrected chi connectivity index (χ3v) is 5.36. The number of benzene rings is 2. The minimum Gasteiger partial charge on any atom is -0.497 e. The molecule has 6 nitrogen and oxygen atoms in total. The van der Waals surface area contributed by atoms with E-state index in [1.54, 1.807) is 50.1 Å². The lowest BCUT2D eigenvalue weighted by Gasteiger charge is -2.38. The smallest absolute Gasteiger partial charge is 0.239 e. The highest BCUT2D eigenvalue weighted by molar-refractivity contribution is 6.09. The molecule has 2 amide bonds. The SMILES string of the molecule is COc1ccc(NC(=O)C(C)(C)C(=O)N2CCN(Cc3ccccc3)CC2)cc1. The van der Waals surface area contributed by atoms with Crippen molar-refractivity contribution in [3.05, 3.63) is 60.2 Å². The van der Waals surface area contributed by atoms with E-state index in [2.05, 4.69) is 22.3 Å². The standard InChI is InChI=1S/C23H29N3O3/c1-23(2,21(27)24-19-9-11-20(29-3)12-10-19)22(28)26-15-13-25(14-16-26)17-18-7-5-4-6-8-18/h4-12H,13-17H2,1-3H3,(H,24,27). The first-order chi connectivity index (χ1) is 13.9. The van der Waals surface area contributed by atoms with Crippen molar-refractivity contribution in [3.8, 4) is 5.75 Å². The maximum Gasteiger partial charge on any atom is 0.239 e. The number of amides is 2. The Kier molecular flexibility index (Phi) is 6.54. The lowest BCUT2D eigenvalue weighted by molar-refractivity contribution is -0.147. The van der Waals surface area contributed by atoms with Crippen molar-refractivity contribution in [3.63, 3.8) is 0 Å². The topological polar surface area (TPSA) is 61.9 Å². The molecule has 1 aliphatic rings. The van der Waals surface area contributed by atoms with E-state index >= 15 is 0 Å². The van der Waals surface area contributed by atoms with Gasteiger partial charge in [0.05, 0.1) is 7.11 Å². The number of anilines is 1. The zero-order chi connectivity index (χ0) is 20.9. The quantitative estimate of drug-likeness (QED) is 0.764. The molecule has 6 heteroatoms. The van der Waals surface area contributed by atoms with Gasteiger partial charge in [-0.3, -0.25) is 14.5 Å². The zero-order valence-corrected chi connectivity index (χ0v) is 17.4. The molecule has 1 heterocycles. The molecule has 1 N–H and O–H groups in total. The van der Waals surface area contributed by atoms with Crippen LogP contribution in [0.1, 0.15) is 19.4 Å². The molecule has 0 bridgehead atoms. The van der Waals surface area contributed by atoms with Crippen LogP contribution in [0.4, 0.5) is 5.69 Å². The Morgan fingerprint density at radius 2 is 1.59 bits per heavy atom. The summed E-state index contributed by atoms with van der Waals surface area (Å²) in [4.78, 5) is 30.0. The first-order valence-electron chi connectivity index (χ1n) is 9.91. The first-order valence-corrected chi connectivity index (χ1v) is 9.91. The Labute approximate surface area is 172 Å². The largest absolute Gasteiger partial charge is 0.497 e. The fraction of sp³-hybridized carbons (Fsp3) is 0.391. The van der Waals surface area contributed by atoms with Gasteiger partial charge in [-0.05, 0) is 43.7 Å². The molecular formula is C23H29N3O3. The predicted molar refractivity (Wildman–Crippen MR) is 114 cm³/mol. The van der Waals surface area contributed by atoms with Crippen LogP contribution in [0.25, 0.3) is 0 Å². The first kappa shape index (κ1) is 20.9. The summed E-state index contributed by atoms with van der Waals surface area (Å²) >= 11 is 0. The van der Waals surface area contributed by atoms with Gasteiger partial charge in [0, 0.05) is 38.4 Å². The summed E-state index contributed by atoms with van der Waals surface area (Å²) in [5, 5.41) is 2.84. The minimum absolute atomic E-state index is 0.136. The van der Waals surface area contributed by atoms with Crippen LogP contribution < -0.4 is 10.1 Å². The molecule has 0 atom stereocenters. The van der Waals surface area contributed by atoms with Crippen LogP contribution in [0.2, 0.25) is 0 Å². The second-order valence-electron chi connectivity index (χ2n) is 7.86. The molecule has 0 spiro atoms. The number of carbonyl (C=O) groups excluding carboxylic acids is 2. The third kappa shape index (κ3) is 5.15. The van der Waals surface area contributed by atoms with Crippen molar-refractivity contribution in [2.45, 2.75) is 20.4 Å². The normalized spacial score (nSPS) is 15.1. The van der Waals surface area contributed by atoms with Gasteiger partial charge in [-0.25, -0.2) is 0 Å². The summed E-state index contributed by atoms with van der Waals surface area (Å²) in [6, 6.07) is 17.4. The fourth-order valence-corrected chi connectivity index (χ4v) is 3.40. The molecule has 0 aliphatic carbocycles. The summed E-state index contributed by atoms with van der Waals surface area (Å²) in [6.07, 6.45) is 0. The maximum atomic E-state index is 13.0. The van der Waals surface area contributed by atoms with Crippen LogP contribution in [0.5, 0.6) is 5.75 Å². The third-order valence-electron chi connectivity index (χ3n) is 5.36. The van der Waals surface area contributed by atoms with E-state index in [1.807, 2.05) is 18.2 Å². The van der Waals surface area contributed by atoms with Gasteiger partial charge in [-0.15, -0.1) is 0 Å². The van der Waals surface area contributed by atoms with E-state index in [4.69, 9.17) is 4.74 Å². The van der Waals surface area contributed by atoms with Gasteiger partial charge in [0.2, 0.25) is 11.8 Å². The lowest BCUT2D eigenvalue weighted by Crippen LogP contribution is -2.54. The van der Waals surface area contributed by atoms with Gasteiger partial charge in [-0.2, -0.15) is 0 Å². The van der Waals surface area contributed by atoms with E-state index in [-0.39, 0.29) is 11.8 Å². The molecule has 2 aromatic carbocycles. The molecule has 1 saturated heterocycles. The van der Waals surface area contributed by atoms with Crippen LogP contribution >= 0.6 is 0 Å². The lowest BCUT2D eigenvalue weighted by atomic mass is 9.89. The van der Waals surface area contributed by atoms with Crippen molar-refractivity contribution < 1.29 is 14.3 Å². The Balaban J connectivity index is 1.55. The van der Waals surface area contributed by atoms with Gasteiger partial charge in [0.25, 0.3) is 0 Å². The van der Waals surface area contributed by atoms with Crippen molar-refractivity contribution in [2.24, 2.45) is 5.41 Å². The highest BCUT2D eigenvalue weighted by Crippen LogP contribution is 2.24. The molecule has 0 unspecified atom stereocenters. The summed E-state index contributed by atoms with van der Waals surface area (Å²) in [7, 11) is 1.59. The van der Waals surface area contributed by atoms with Gasteiger partial charge in [0.1, 0.15) is 11.2 Å². The monoisotopic (exact) mass is 395 g/mol. The van der Waals surface area contributed by atoms with Gasteiger partial charge in [-0.1, -0.05) is 30.3 Å². The molecule has 0 radical (unpaired) electrons. The molecule has 0 saturated carbocycles. The molecule has 2 aromatic rings. The number of nitrogens with one attached hydrogen (secondary N) is 1. The van der Waals surface area contributed by atoms with E-state index < -0.39 is 5.41 Å². The van der Waals surface area contributed by atoms with E-state index in [9.17, 15) is 9.59 Å². The van der Waals surface area contributed by atoms with E-state index in [1.165, 1.54) is 5.56 Å². The summed E-state index contributed by atoms with van der Waals surface area (Å²) in [6.45, 7) is 7.11. The highest BCUT2D eigenvalue weighted by atomic mass is 16.5. The molecule has 3 rings (SSSR count).